The third-order valence-corrected chi connectivity index (χ3v) is 2.45. The molecule has 0 aromatic carbocycles. The first-order valence-electron chi connectivity index (χ1n) is 4.20. The Kier molecular flexibility index (Phi) is 2.68. The van der Waals surface area contributed by atoms with Crippen LogP contribution in [0.1, 0.15) is 13.8 Å². The zero-order valence-electron chi connectivity index (χ0n) is 7.43. The lowest BCUT2D eigenvalue weighted by Gasteiger charge is -2.44. The molecule has 0 saturated carbocycles. The van der Waals surface area contributed by atoms with Crippen molar-refractivity contribution in [2.45, 2.75) is 25.8 Å². The molecule has 0 aromatic rings. The van der Waals surface area contributed by atoms with Gasteiger partial charge in [-0.1, -0.05) is 0 Å². The number of rotatable bonds is 3. The number of likely N-dealkylation sites (tertiary alicyclic amines) is 1. The van der Waals surface area contributed by atoms with E-state index in [-0.39, 0.29) is 0 Å². The fourth-order valence-corrected chi connectivity index (χ4v) is 1.33. The van der Waals surface area contributed by atoms with Crippen molar-refractivity contribution in [1.82, 2.24) is 4.90 Å². The summed E-state index contributed by atoms with van der Waals surface area (Å²) in [6.07, 6.45) is 0. The van der Waals surface area contributed by atoms with E-state index in [0.29, 0.717) is 19.1 Å². The minimum atomic E-state index is -2.88. The molecule has 1 aliphatic rings. The van der Waals surface area contributed by atoms with Crippen LogP contribution in [0.5, 0.6) is 0 Å². The molecule has 72 valence electrons. The molecule has 0 spiro atoms. The van der Waals surface area contributed by atoms with Crippen LogP contribution in [0, 0.1) is 5.92 Å². The Labute approximate surface area is 71.2 Å². The molecule has 1 aliphatic heterocycles. The third kappa shape index (κ3) is 1.75. The summed E-state index contributed by atoms with van der Waals surface area (Å²) in [6.45, 7) is 3.75. The van der Waals surface area contributed by atoms with Crippen molar-refractivity contribution >= 4 is 0 Å². The molecule has 0 unspecified atom stereocenters. The fraction of sp³-hybridized carbons (Fsp3) is 1.00. The SMILES string of the molecule is CC(C)N1CC(C(F)(F)CO)C1. The molecule has 0 amide bonds. The zero-order chi connectivity index (χ0) is 9.35. The van der Waals surface area contributed by atoms with Gasteiger partial charge < -0.3 is 5.11 Å². The fourth-order valence-electron chi connectivity index (χ4n) is 1.33. The van der Waals surface area contributed by atoms with Crippen molar-refractivity contribution in [1.29, 1.82) is 0 Å². The van der Waals surface area contributed by atoms with E-state index < -0.39 is 18.4 Å². The molecule has 4 heteroatoms. The monoisotopic (exact) mass is 179 g/mol. The van der Waals surface area contributed by atoms with Crippen LogP contribution in [-0.4, -0.2) is 41.7 Å². The molecule has 1 rings (SSSR count). The summed E-state index contributed by atoms with van der Waals surface area (Å²) in [4.78, 5) is 1.97. The van der Waals surface area contributed by atoms with E-state index in [0.717, 1.165) is 0 Å². The van der Waals surface area contributed by atoms with Crippen molar-refractivity contribution in [2.24, 2.45) is 5.92 Å². The molecule has 1 saturated heterocycles. The van der Waals surface area contributed by atoms with Gasteiger partial charge in [-0.2, -0.15) is 0 Å². The number of aliphatic hydroxyl groups is 1. The molecular weight excluding hydrogens is 164 g/mol. The first-order valence-corrected chi connectivity index (χ1v) is 4.20. The molecule has 0 radical (unpaired) electrons. The van der Waals surface area contributed by atoms with E-state index >= 15 is 0 Å². The summed E-state index contributed by atoms with van der Waals surface area (Å²) in [5.74, 6) is -3.53. The number of hydrogen-bond acceptors (Lipinski definition) is 2. The first-order chi connectivity index (χ1) is 5.47. The average Bonchev–Trinajstić information content (AvgIpc) is 1.82. The molecular formula is C8H15F2NO. The number of alkyl halides is 2. The summed E-state index contributed by atoms with van der Waals surface area (Å²) >= 11 is 0. The second kappa shape index (κ2) is 3.26. The lowest BCUT2D eigenvalue weighted by Crippen LogP contribution is -2.57. The van der Waals surface area contributed by atoms with Gasteiger partial charge in [0.15, 0.2) is 0 Å². The maximum Gasteiger partial charge on any atom is 0.275 e. The quantitative estimate of drug-likeness (QED) is 0.697. The highest BCUT2D eigenvalue weighted by Gasteiger charge is 2.46. The highest BCUT2D eigenvalue weighted by atomic mass is 19.3. The van der Waals surface area contributed by atoms with Gasteiger partial charge in [0.05, 0.1) is 5.92 Å². The van der Waals surface area contributed by atoms with Crippen molar-refractivity contribution in [3.8, 4) is 0 Å². The highest BCUT2D eigenvalue weighted by molar-refractivity contribution is 4.90. The number of nitrogens with zero attached hydrogens (tertiary/aromatic N) is 1. The summed E-state index contributed by atoms with van der Waals surface area (Å²) in [5, 5.41) is 8.39. The van der Waals surface area contributed by atoms with Crippen molar-refractivity contribution in [3.63, 3.8) is 0 Å². The zero-order valence-corrected chi connectivity index (χ0v) is 7.43. The van der Waals surface area contributed by atoms with E-state index in [1.807, 2.05) is 18.7 Å². The van der Waals surface area contributed by atoms with Crippen LogP contribution in [0.15, 0.2) is 0 Å². The Morgan fingerprint density at radius 1 is 1.50 bits per heavy atom. The minimum Gasteiger partial charge on any atom is -0.390 e. The third-order valence-electron chi connectivity index (χ3n) is 2.45. The largest absolute Gasteiger partial charge is 0.390 e. The summed E-state index contributed by atoms with van der Waals surface area (Å²) in [5.41, 5.74) is 0. The topological polar surface area (TPSA) is 23.5 Å². The van der Waals surface area contributed by atoms with E-state index in [4.69, 9.17) is 5.11 Å². The first kappa shape index (κ1) is 9.86. The van der Waals surface area contributed by atoms with Crippen LogP contribution in [0.4, 0.5) is 8.78 Å². The predicted octanol–water partition coefficient (Wildman–Crippen LogP) is 0.954. The standard InChI is InChI=1S/C8H15F2NO/c1-6(2)11-3-7(4-11)8(9,10)5-12/h6-7,12H,3-5H2,1-2H3. The molecule has 0 atom stereocenters. The van der Waals surface area contributed by atoms with Gasteiger partial charge in [0, 0.05) is 19.1 Å². The number of halogens is 2. The Balaban J connectivity index is 2.34. The highest BCUT2D eigenvalue weighted by Crippen LogP contribution is 2.32. The Morgan fingerprint density at radius 2 is 2.00 bits per heavy atom. The number of hydrogen-bond donors (Lipinski definition) is 1. The Hall–Kier alpha value is -0.220. The van der Waals surface area contributed by atoms with Gasteiger partial charge in [-0.05, 0) is 13.8 Å². The van der Waals surface area contributed by atoms with Gasteiger partial charge in [0.25, 0.3) is 5.92 Å². The van der Waals surface area contributed by atoms with Crippen molar-refractivity contribution < 1.29 is 13.9 Å². The van der Waals surface area contributed by atoms with Crippen LogP contribution in [0.2, 0.25) is 0 Å². The Bertz CT molecular complexity index is 155. The molecule has 0 bridgehead atoms. The molecule has 1 fully saturated rings. The molecule has 1 N–H and O–H groups in total. The van der Waals surface area contributed by atoms with Gasteiger partial charge in [-0.3, -0.25) is 4.90 Å². The maximum absolute atomic E-state index is 12.8. The molecule has 0 aromatic heterocycles. The van der Waals surface area contributed by atoms with Gasteiger partial charge in [0.2, 0.25) is 0 Å². The second-order valence-electron chi connectivity index (χ2n) is 3.66. The van der Waals surface area contributed by atoms with E-state index in [1.165, 1.54) is 0 Å². The molecule has 12 heavy (non-hydrogen) atoms. The van der Waals surface area contributed by atoms with Gasteiger partial charge in [-0.25, -0.2) is 8.78 Å². The van der Waals surface area contributed by atoms with Crippen LogP contribution in [0.25, 0.3) is 0 Å². The maximum atomic E-state index is 12.8. The van der Waals surface area contributed by atoms with E-state index in [9.17, 15) is 8.78 Å². The minimum absolute atomic E-state index is 0.329. The second-order valence-corrected chi connectivity index (χ2v) is 3.66. The predicted molar refractivity (Wildman–Crippen MR) is 42.2 cm³/mol. The molecule has 0 aliphatic carbocycles. The van der Waals surface area contributed by atoms with E-state index in [2.05, 4.69) is 0 Å². The Morgan fingerprint density at radius 3 is 2.33 bits per heavy atom. The van der Waals surface area contributed by atoms with Crippen molar-refractivity contribution in [3.05, 3.63) is 0 Å². The summed E-state index contributed by atoms with van der Waals surface area (Å²) in [7, 11) is 0. The van der Waals surface area contributed by atoms with Crippen LogP contribution >= 0.6 is 0 Å². The molecule has 2 nitrogen and oxygen atoms in total. The number of aliphatic hydroxyl groups excluding tert-OH is 1. The van der Waals surface area contributed by atoms with Crippen LogP contribution in [0.3, 0.4) is 0 Å². The summed E-state index contributed by atoms with van der Waals surface area (Å²) < 4.78 is 25.5. The lowest BCUT2D eigenvalue weighted by atomic mass is 9.92. The summed E-state index contributed by atoms with van der Waals surface area (Å²) in [6, 6.07) is 0.329. The van der Waals surface area contributed by atoms with Gasteiger partial charge in [-0.15, -0.1) is 0 Å². The van der Waals surface area contributed by atoms with E-state index in [1.54, 1.807) is 0 Å². The normalized spacial score (nSPS) is 21.5. The van der Waals surface area contributed by atoms with Gasteiger partial charge >= 0.3 is 0 Å². The molecule has 1 heterocycles. The van der Waals surface area contributed by atoms with Gasteiger partial charge in [0.1, 0.15) is 6.61 Å². The average molecular weight is 179 g/mol. The van der Waals surface area contributed by atoms with Crippen LogP contribution < -0.4 is 0 Å². The smallest absolute Gasteiger partial charge is 0.275 e. The van der Waals surface area contributed by atoms with Crippen LogP contribution in [-0.2, 0) is 0 Å². The van der Waals surface area contributed by atoms with Crippen molar-refractivity contribution in [2.75, 3.05) is 19.7 Å². The lowest BCUT2D eigenvalue weighted by molar-refractivity contribution is -0.148.